The fraction of sp³-hybridized carbons (Fsp3) is 0.812. The zero-order chi connectivity index (χ0) is 15.4. The molecule has 0 rings (SSSR count). The molecule has 0 fully saturated rings. The van der Waals surface area contributed by atoms with E-state index in [2.05, 4.69) is 37.6 Å². The molecule has 0 heterocycles. The summed E-state index contributed by atoms with van der Waals surface area (Å²) in [4.78, 5) is 2.56. The third kappa shape index (κ3) is 9.98. The highest BCUT2D eigenvalue weighted by Crippen LogP contribution is 2.03. The maximum absolute atomic E-state index is 7.32. The van der Waals surface area contributed by atoms with Gasteiger partial charge in [-0.2, -0.15) is 0 Å². The van der Waals surface area contributed by atoms with Crippen LogP contribution in [0.4, 0.5) is 0 Å². The van der Waals surface area contributed by atoms with Crippen molar-refractivity contribution in [2.45, 2.75) is 58.9 Å². The highest BCUT2D eigenvalue weighted by molar-refractivity contribution is 5.93. The van der Waals surface area contributed by atoms with Crippen LogP contribution in [0.5, 0.6) is 0 Å². The number of hydrogen-bond acceptors (Lipinski definition) is 3. The molecule has 20 heavy (non-hydrogen) atoms. The van der Waals surface area contributed by atoms with E-state index in [1.165, 1.54) is 45.3 Å². The molecule has 0 aromatic carbocycles. The zero-order valence-corrected chi connectivity index (χ0v) is 13.7. The third-order valence-electron chi connectivity index (χ3n) is 3.45. The van der Waals surface area contributed by atoms with Crippen LogP contribution in [0.1, 0.15) is 52.9 Å². The van der Waals surface area contributed by atoms with Gasteiger partial charge in [0.05, 0.1) is 0 Å². The molecular weight excluding hydrogens is 248 g/mol. The molecule has 0 aliphatic heterocycles. The Balaban J connectivity index is 3.75. The molecule has 4 heteroatoms. The van der Waals surface area contributed by atoms with Crippen LogP contribution in [-0.4, -0.2) is 43.0 Å². The fourth-order valence-electron chi connectivity index (χ4n) is 2.24. The predicted octanol–water partition coefficient (Wildman–Crippen LogP) is 2.75. The minimum absolute atomic E-state index is 0.104. The van der Waals surface area contributed by atoms with Gasteiger partial charge in [-0.25, -0.2) is 0 Å². The smallest absolute Gasteiger partial charge is 0.118 e. The standard InChI is InChI=1S/C16H34N4/c1-5-7-11-20(10-6-2)12-8-9-19-15(4)13-14(3)16(17)18/h15,19H,3,5-13H2,1-2,4H3,(H3,17,18)/t15-/m1/s1. The number of nitrogens with one attached hydrogen (secondary N) is 2. The van der Waals surface area contributed by atoms with Crippen molar-refractivity contribution in [2.24, 2.45) is 5.73 Å². The number of rotatable bonds is 13. The second-order valence-electron chi connectivity index (χ2n) is 5.63. The van der Waals surface area contributed by atoms with Crippen LogP contribution in [0.25, 0.3) is 0 Å². The van der Waals surface area contributed by atoms with E-state index in [1.807, 2.05) is 0 Å². The summed E-state index contributed by atoms with van der Waals surface area (Å²) in [5, 5.41) is 10.8. The number of nitrogens with two attached hydrogens (primary N) is 1. The van der Waals surface area contributed by atoms with Gasteiger partial charge in [-0.05, 0) is 64.4 Å². The first-order chi connectivity index (χ1) is 9.51. The Morgan fingerprint density at radius 2 is 1.85 bits per heavy atom. The lowest BCUT2D eigenvalue weighted by Crippen LogP contribution is -2.33. The van der Waals surface area contributed by atoms with Crippen LogP contribution < -0.4 is 11.1 Å². The topological polar surface area (TPSA) is 65.1 Å². The van der Waals surface area contributed by atoms with E-state index in [0.29, 0.717) is 6.04 Å². The van der Waals surface area contributed by atoms with Crippen molar-refractivity contribution in [3.63, 3.8) is 0 Å². The summed E-state index contributed by atoms with van der Waals surface area (Å²) in [6.45, 7) is 15.0. The lowest BCUT2D eigenvalue weighted by Gasteiger charge is -2.22. The van der Waals surface area contributed by atoms with Gasteiger partial charge in [0.15, 0.2) is 0 Å². The van der Waals surface area contributed by atoms with Gasteiger partial charge in [-0.3, -0.25) is 5.41 Å². The first-order valence-corrected chi connectivity index (χ1v) is 7.99. The van der Waals surface area contributed by atoms with Crippen molar-refractivity contribution < 1.29 is 0 Å². The van der Waals surface area contributed by atoms with E-state index < -0.39 is 0 Å². The summed E-state index contributed by atoms with van der Waals surface area (Å²) in [5.74, 6) is 0.104. The van der Waals surface area contributed by atoms with Crippen molar-refractivity contribution >= 4 is 5.84 Å². The van der Waals surface area contributed by atoms with E-state index in [-0.39, 0.29) is 5.84 Å². The average molecular weight is 282 g/mol. The Hall–Kier alpha value is -0.870. The van der Waals surface area contributed by atoms with E-state index in [4.69, 9.17) is 11.1 Å². The molecule has 0 aromatic heterocycles. The van der Waals surface area contributed by atoms with Crippen LogP contribution in [0.2, 0.25) is 0 Å². The van der Waals surface area contributed by atoms with Crippen LogP contribution in [0.3, 0.4) is 0 Å². The summed E-state index contributed by atoms with van der Waals surface area (Å²) >= 11 is 0. The van der Waals surface area contributed by atoms with Crippen LogP contribution in [0.15, 0.2) is 12.2 Å². The zero-order valence-electron chi connectivity index (χ0n) is 13.7. The predicted molar refractivity (Wildman–Crippen MR) is 89.4 cm³/mol. The Labute approximate surface area is 125 Å². The molecule has 0 radical (unpaired) electrons. The number of hydrogen-bond donors (Lipinski definition) is 3. The summed E-state index contributed by atoms with van der Waals surface area (Å²) in [5.41, 5.74) is 6.13. The quantitative estimate of drug-likeness (QED) is 0.276. The highest BCUT2D eigenvalue weighted by Gasteiger charge is 2.06. The lowest BCUT2D eigenvalue weighted by molar-refractivity contribution is 0.264. The maximum atomic E-state index is 7.32. The molecule has 0 spiro atoms. The van der Waals surface area contributed by atoms with Gasteiger partial charge in [0, 0.05) is 6.04 Å². The van der Waals surface area contributed by atoms with Crippen LogP contribution in [-0.2, 0) is 0 Å². The van der Waals surface area contributed by atoms with Gasteiger partial charge >= 0.3 is 0 Å². The van der Waals surface area contributed by atoms with E-state index >= 15 is 0 Å². The SMILES string of the molecule is C=C(C[C@@H](C)NCCCN(CCC)CCCC)C(=N)N. The Kier molecular flexibility index (Phi) is 11.4. The molecule has 0 amide bonds. The third-order valence-corrected chi connectivity index (χ3v) is 3.45. The molecule has 4 nitrogen and oxygen atoms in total. The first kappa shape index (κ1) is 19.1. The molecule has 0 unspecified atom stereocenters. The summed E-state index contributed by atoms with van der Waals surface area (Å²) in [6.07, 6.45) is 5.71. The maximum Gasteiger partial charge on any atom is 0.118 e. The van der Waals surface area contributed by atoms with Crippen LogP contribution in [0, 0.1) is 5.41 Å². The summed E-state index contributed by atoms with van der Waals surface area (Å²) in [6, 6.07) is 0.335. The highest BCUT2D eigenvalue weighted by atomic mass is 15.1. The molecule has 0 aliphatic carbocycles. The van der Waals surface area contributed by atoms with Crippen molar-refractivity contribution in [1.82, 2.24) is 10.2 Å². The molecule has 0 saturated heterocycles. The second kappa shape index (κ2) is 11.9. The van der Waals surface area contributed by atoms with Crippen molar-refractivity contribution in [2.75, 3.05) is 26.2 Å². The molecular formula is C16H34N4. The normalized spacial score (nSPS) is 12.6. The number of nitrogens with zero attached hydrogens (tertiary/aromatic N) is 1. The molecule has 0 saturated carbocycles. The Morgan fingerprint density at radius 1 is 1.20 bits per heavy atom. The van der Waals surface area contributed by atoms with Crippen LogP contribution >= 0.6 is 0 Å². The minimum Gasteiger partial charge on any atom is -0.384 e. The molecule has 118 valence electrons. The fourth-order valence-corrected chi connectivity index (χ4v) is 2.24. The largest absolute Gasteiger partial charge is 0.384 e. The summed E-state index contributed by atoms with van der Waals surface area (Å²) in [7, 11) is 0. The molecule has 0 aromatic rings. The Bertz CT molecular complexity index is 276. The van der Waals surface area contributed by atoms with Crippen molar-refractivity contribution in [1.29, 1.82) is 5.41 Å². The van der Waals surface area contributed by atoms with E-state index in [1.54, 1.807) is 0 Å². The van der Waals surface area contributed by atoms with E-state index in [9.17, 15) is 0 Å². The summed E-state index contributed by atoms with van der Waals surface area (Å²) < 4.78 is 0. The van der Waals surface area contributed by atoms with Crippen molar-refractivity contribution in [3.05, 3.63) is 12.2 Å². The Morgan fingerprint density at radius 3 is 2.40 bits per heavy atom. The lowest BCUT2D eigenvalue weighted by atomic mass is 10.1. The first-order valence-electron chi connectivity index (χ1n) is 7.99. The number of unbranched alkanes of at least 4 members (excludes halogenated alkanes) is 1. The number of amidine groups is 1. The molecule has 4 N–H and O–H groups in total. The monoisotopic (exact) mass is 282 g/mol. The molecule has 0 bridgehead atoms. The van der Waals surface area contributed by atoms with Gasteiger partial charge in [0.25, 0.3) is 0 Å². The average Bonchev–Trinajstić information content (AvgIpc) is 2.40. The van der Waals surface area contributed by atoms with Gasteiger partial charge in [-0.15, -0.1) is 0 Å². The van der Waals surface area contributed by atoms with Crippen molar-refractivity contribution in [3.8, 4) is 0 Å². The van der Waals surface area contributed by atoms with Gasteiger partial charge < -0.3 is 16.0 Å². The van der Waals surface area contributed by atoms with Gasteiger partial charge in [-0.1, -0.05) is 26.8 Å². The van der Waals surface area contributed by atoms with Gasteiger partial charge in [0.2, 0.25) is 0 Å². The van der Waals surface area contributed by atoms with E-state index in [0.717, 1.165) is 18.5 Å². The minimum atomic E-state index is 0.104. The second-order valence-corrected chi connectivity index (χ2v) is 5.63. The molecule has 0 aliphatic rings. The van der Waals surface area contributed by atoms with Gasteiger partial charge in [0.1, 0.15) is 5.84 Å². The molecule has 1 atom stereocenters.